The Bertz CT molecular complexity index is 1330. The van der Waals surface area contributed by atoms with Gasteiger partial charge in [0.05, 0.1) is 12.1 Å². The lowest BCUT2D eigenvalue weighted by atomic mass is 9.96. The van der Waals surface area contributed by atoms with Gasteiger partial charge in [-0.1, -0.05) is 26.0 Å². The van der Waals surface area contributed by atoms with Gasteiger partial charge in [-0.3, -0.25) is 0 Å². The van der Waals surface area contributed by atoms with Crippen molar-refractivity contribution >= 4 is 27.6 Å². The fourth-order valence-electron chi connectivity index (χ4n) is 3.84. The SMILES string of the molecule is [2H]C(C)(C)c1cc(C)[n+](C)c(-c2c(C)ccc3c2oc2cc(C)c([N+]#[C-])cc23)c1. The standard InChI is InChI=1S/C25H25N2O/c1-14(2)18-11-17(5)27(7)22(12-18)24-15(3)8-9-19-20-13-21(26-6)16(4)10-23(20)28-25(19)24/h8-14H,1-5,7H3/q+1/i14D. The maximum Gasteiger partial charge on any atom is 0.216 e. The molecule has 4 rings (SSSR count). The van der Waals surface area contributed by atoms with Crippen LogP contribution >= 0.6 is 0 Å². The molecule has 3 nitrogen and oxygen atoms in total. The summed E-state index contributed by atoms with van der Waals surface area (Å²) in [6.45, 7) is 17.4. The van der Waals surface area contributed by atoms with Gasteiger partial charge in [0.2, 0.25) is 5.69 Å². The molecule has 0 spiro atoms. The summed E-state index contributed by atoms with van der Waals surface area (Å²) >= 11 is 0. The molecule has 0 radical (unpaired) electrons. The third kappa shape index (κ3) is 2.68. The summed E-state index contributed by atoms with van der Waals surface area (Å²) in [5, 5.41) is 1.98. The zero-order valence-corrected chi connectivity index (χ0v) is 17.3. The maximum absolute atomic E-state index is 8.51. The van der Waals surface area contributed by atoms with Crippen LogP contribution in [-0.2, 0) is 7.05 Å². The quantitative estimate of drug-likeness (QED) is 0.285. The average Bonchev–Trinajstić information content (AvgIpc) is 2.99. The molecule has 0 aliphatic carbocycles. The first-order valence-corrected chi connectivity index (χ1v) is 9.47. The number of nitrogens with zero attached hydrogens (tertiary/aromatic N) is 2. The van der Waals surface area contributed by atoms with E-state index in [0.29, 0.717) is 5.69 Å². The van der Waals surface area contributed by atoms with Gasteiger partial charge in [-0.25, -0.2) is 4.85 Å². The van der Waals surface area contributed by atoms with E-state index in [1.54, 1.807) is 0 Å². The van der Waals surface area contributed by atoms with E-state index in [1.807, 2.05) is 40.0 Å². The van der Waals surface area contributed by atoms with Crippen molar-refractivity contribution in [2.24, 2.45) is 7.05 Å². The molecule has 0 saturated heterocycles. The van der Waals surface area contributed by atoms with Crippen LogP contribution in [0.25, 0.3) is 38.0 Å². The molecule has 0 saturated carbocycles. The van der Waals surface area contributed by atoms with Gasteiger partial charge in [0.15, 0.2) is 11.4 Å². The van der Waals surface area contributed by atoms with Gasteiger partial charge in [-0.2, -0.15) is 4.57 Å². The molecule has 0 amide bonds. The maximum atomic E-state index is 8.51. The van der Waals surface area contributed by atoms with Crippen LogP contribution in [0.2, 0.25) is 0 Å². The third-order valence-electron chi connectivity index (χ3n) is 5.67. The molecule has 2 heterocycles. The van der Waals surface area contributed by atoms with Crippen molar-refractivity contribution in [1.82, 2.24) is 0 Å². The minimum Gasteiger partial charge on any atom is -0.455 e. The Morgan fingerprint density at radius 1 is 1.04 bits per heavy atom. The first-order valence-electron chi connectivity index (χ1n) is 9.97. The molecule has 0 aliphatic rings. The minimum absolute atomic E-state index is 0.654. The number of aromatic nitrogens is 1. The first kappa shape index (κ1) is 17.0. The molecule has 0 bridgehead atoms. The van der Waals surface area contributed by atoms with E-state index in [1.165, 1.54) is 0 Å². The molecule has 140 valence electrons. The van der Waals surface area contributed by atoms with E-state index >= 15 is 0 Å². The topological polar surface area (TPSA) is 21.4 Å². The Hall–Kier alpha value is -3.12. The van der Waals surface area contributed by atoms with Crippen LogP contribution in [0.15, 0.2) is 40.8 Å². The van der Waals surface area contributed by atoms with Crippen molar-refractivity contribution < 1.29 is 10.4 Å². The number of benzene rings is 2. The monoisotopic (exact) mass is 370 g/mol. The van der Waals surface area contributed by atoms with Crippen molar-refractivity contribution in [1.29, 1.82) is 0 Å². The summed E-state index contributed by atoms with van der Waals surface area (Å²) < 4.78 is 17.0. The fraction of sp³-hybridized carbons (Fsp3) is 0.280. The Morgan fingerprint density at radius 3 is 2.46 bits per heavy atom. The van der Waals surface area contributed by atoms with Gasteiger partial charge in [0.1, 0.15) is 18.2 Å². The average molecular weight is 370 g/mol. The van der Waals surface area contributed by atoms with Gasteiger partial charge >= 0.3 is 0 Å². The van der Waals surface area contributed by atoms with Gasteiger partial charge in [0, 0.05) is 31.2 Å². The molecule has 2 aromatic carbocycles. The smallest absolute Gasteiger partial charge is 0.216 e. The van der Waals surface area contributed by atoms with Crippen LogP contribution in [0, 0.1) is 27.3 Å². The van der Waals surface area contributed by atoms with Crippen LogP contribution in [0.3, 0.4) is 0 Å². The zero-order valence-electron chi connectivity index (χ0n) is 18.3. The number of hydrogen-bond donors (Lipinski definition) is 0. The van der Waals surface area contributed by atoms with Gasteiger partial charge in [0.25, 0.3) is 0 Å². The highest BCUT2D eigenvalue weighted by atomic mass is 16.3. The molecule has 28 heavy (non-hydrogen) atoms. The molecule has 3 heteroatoms. The number of rotatable bonds is 2. The lowest BCUT2D eigenvalue weighted by Crippen LogP contribution is -2.35. The Kier molecular flexibility index (Phi) is 3.94. The molecule has 0 fully saturated rings. The zero-order chi connectivity index (χ0) is 21.1. The molecule has 2 aromatic heterocycles. The normalized spacial score (nSPS) is 12.4. The molecule has 0 N–H and O–H groups in total. The second-order valence-electron chi connectivity index (χ2n) is 7.81. The molecule has 0 aliphatic heterocycles. The second kappa shape index (κ2) is 6.49. The van der Waals surface area contributed by atoms with Crippen molar-refractivity contribution in [3.8, 4) is 11.3 Å². The molecular formula is C25H25N2O+. The second-order valence-corrected chi connectivity index (χ2v) is 7.81. The Morgan fingerprint density at radius 2 is 1.79 bits per heavy atom. The molecular weight excluding hydrogens is 344 g/mol. The predicted octanol–water partition coefficient (Wildman–Crippen LogP) is 6.68. The number of aryl methyl sites for hydroxylation is 3. The third-order valence-corrected chi connectivity index (χ3v) is 5.67. The molecule has 0 atom stereocenters. The Labute approximate surface area is 167 Å². The van der Waals surface area contributed by atoms with Crippen LogP contribution in [0.5, 0.6) is 0 Å². The van der Waals surface area contributed by atoms with Crippen LogP contribution in [0.1, 0.15) is 43.5 Å². The largest absolute Gasteiger partial charge is 0.455 e. The van der Waals surface area contributed by atoms with Crippen LogP contribution in [-0.4, -0.2) is 0 Å². The van der Waals surface area contributed by atoms with E-state index in [-0.39, 0.29) is 0 Å². The highest BCUT2D eigenvalue weighted by Gasteiger charge is 2.23. The van der Waals surface area contributed by atoms with Crippen molar-refractivity contribution in [2.75, 3.05) is 0 Å². The summed E-state index contributed by atoms with van der Waals surface area (Å²) in [7, 11) is 2.05. The minimum atomic E-state index is -0.689. The van der Waals surface area contributed by atoms with Crippen molar-refractivity contribution in [3.63, 3.8) is 0 Å². The Balaban J connectivity index is 2.12. The van der Waals surface area contributed by atoms with Crippen molar-refractivity contribution in [2.45, 2.75) is 40.5 Å². The van der Waals surface area contributed by atoms with E-state index in [9.17, 15) is 0 Å². The van der Waals surface area contributed by atoms with Gasteiger partial charge < -0.3 is 4.42 Å². The van der Waals surface area contributed by atoms with Crippen LogP contribution in [0.4, 0.5) is 5.69 Å². The fourth-order valence-corrected chi connectivity index (χ4v) is 3.84. The van der Waals surface area contributed by atoms with Gasteiger partial charge in [-0.05, 0) is 48.6 Å². The lowest BCUT2D eigenvalue weighted by molar-refractivity contribution is -0.666. The first-order chi connectivity index (χ1) is 13.6. The number of furan rings is 1. The van der Waals surface area contributed by atoms with Gasteiger partial charge in [-0.15, -0.1) is 0 Å². The lowest BCUT2D eigenvalue weighted by Gasteiger charge is -2.11. The summed E-state index contributed by atoms with van der Waals surface area (Å²) in [5.41, 5.74) is 8.46. The molecule has 4 aromatic rings. The highest BCUT2D eigenvalue weighted by molar-refractivity contribution is 6.10. The van der Waals surface area contributed by atoms with Crippen molar-refractivity contribution in [3.05, 3.63) is 70.2 Å². The highest BCUT2D eigenvalue weighted by Crippen LogP contribution is 2.39. The van der Waals surface area contributed by atoms with E-state index in [0.717, 1.165) is 55.6 Å². The van der Waals surface area contributed by atoms with E-state index in [2.05, 4.69) is 47.5 Å². The molecule has 0 unspecified atom stereocenters. The van der Waals surface area contributed by atoms with E-state index < -0.39 is 5.89 Å². The number of fused-ring (bicyclic) bond motifs is 3. The predicted molar refractivity (Wildman–Crippen MR) is 115 cm³/mol. The summed E-state index contributed by atoms with van der Waals surface area (Å²) in [4.78, 5) is 3.65. The van der Waals surface area contributed by atoms with E-state index in [4.69, 9.17) is 12.4 Å². The summed E-state index contributed by atoms with van der Waals surface area (Å²) in [5.74, 6) is -0.689. The van der Waals surface area contributed by atoms with Crippen LogP contribution < -0.4 is 4.57 Å². The number of hydrogen-bond acceptors (Lipinski definition) is 1. The summed E-state index contributed by atoms with van der Waals surface area (Å²) in [6, 6.07) is 12.3. The number of pyridine rings is 1. The summed E-state index contributed by atoms with van der Waals surface area (Å²) in [6.07, 6.45) is 0.